The van der Waals surface area contributed by atoms with E-state index in [0.717, 1.165) is 19.6 Å². The van der Waals surface area contributed by atoms with Crippen molar-refractivity contribution in [3.8, 4) is 0 Å². The molecule has 15 heavy (non-hydrogen) atoms. The number of carbonyl (C=O) groups is 1. The lowest BCUT2D eigenvalue weighted by Crippen LogP contribution is -2.63. The van der Waals surface area contributed by atoms with Gasteiger partial charge in [-0.15, -0.1) is 0 Å². The number of carbonyl (C=O) groups excluding carboxylic acids is 1. The Bertz CT molecular complexity index is 245. The summed E-state index contributed by atoms with van der Waals surface area (Å²) in [6, 6.07) is 0. The molecular weight excluding hydrogens is 192 g/mol. The molecule has 1 aliphatic heterocycles. The molecular formula is C11H20N2O2. The van der Waals surface area contributed by atoms with Gasteiger partial charge in [-0.25, -0.2) is 0 Å². The minimum Gasteiger partial charge on any atom is -0.387 e. The van der Waals surface area contributed by atoms with E-state index in [1.807, 2.05) is 6.92 Å². The number of β-amino-alcohol motifs (C(OH)–C–C–N with tert-alkyl or cyclic N) is 1. The lowest BCUT2D eigenvalue weighted by molar-refractivity contribution is -0.127. The second kappa shape index (κ2) is 4.10. The zero-order chi connectivity index (χ0) is 10.9. The highest BCUT2D eigenvalue weighted by Gasteiger charge is 2.51. The molecule has 0 unspecified atom stereocenters. The van der Waals surface area contributed by atoms with Gasteiger partial charge >= 0.3 is 0 Å². The lowest BCUT2D eigenvalue weighted by Gasteiger charge is -2.47. The number of hydrogen-bond acceptors (Lipinski definition) is 3. The molecule has 2 fully saturated rings. The Morgan fingerprint density at radius 1 is 1.53 bits per heavy atom. The third kappa shape index (κ3) is 2.49. The monoisotopic (exact) mass is 212 g/mol. The maximum Gasteiger partial charge on any atom is 0.221 e. The van der Waals surface area contributed by atoms with E-state index in [9.17, 15) is 9.90 Å². The van der Waals surface area contributed by atoms with Gasteiger partial charge < -0.3 is 10.4 Å². The van der Waals surface area contributed by atoms with Crippen molar-refractivity contribution in [2.75, 3.05) is 26.2 Å². The van der Waals surface area contributed by atoms with Gasteiger partial charge in [0.25, 0.3) is 0 Å². The molecule has 1 heterocycles. The first-order chi connectivity index (χ1) is 7.14. The molecule has 4 heteroatoms. The highest BCUT2D eigenvalue weighted by atomic mass is 16.3. The Balaban J connectivity index is 1.61. The average Bonchev–Trinajstić information content (AvgIpc) is 2.94. The van der Waals surface area contributed by atoms with Crippen molar-refractivity contribution in [1.82, 2.24) is 10.2 Å². The van der Waals surface area contributed by atoms with E-state index < -0.39 is 5.60 Å². The first kappa shape index (κ1) is 10.9. The van der Waals surface area contributed by atoms with Gasteiger partial charge in [0, 0.05) is 32.6 Å². The van der Waals surface area contributed by atoms with Crippen LogP contribution in [0.5, 0.6) is 0 Å². The summed E-state index contributed by atoms with van der Waals surface area (Å²) < 4.78 is 0. The van der Waals surface area contributed by atoms with E-state index in [2.05, 4.69) is 10.2 Å². The Morgan fingerprint density at radius 3 is 2.73 bits per heavy atom. The van der Waals surface area contributed by atoms with Crippen molar-refractivity contribution in [2.45, 2.75) is 31.8 Å². The van der Waals surface area contributed by atoms with Gasteiger partial charge in [0.05, 0.1) is 5.60 Å². The standard InChI is InChI=1S/C11H20N2O2/c1-2-12-10(14)5-6-13-7-11(15,8-13)9-3-4-9/h9,15H,2-8H2,1H3,(H,12,14). The Kier molecular flexibility index (Phi) is 2.98. The van der Waals surface area contributed by atoms with Gasteiger partial charge in [-0.2, -0.15) is 0 Å². The van der Waals surface area contributed by atoms with Crippen LogP contribution in [0.4, 0.5) is 0 Å². The molecule has 0 aromatic rings. The van der Waals surface area contributed by atoms with Crippen LogP contribution in [-0.4, -0.2) is 47.7 Å². The van der Waals surface area contributed by atoms with Crippen molar-refractivity contribution in [2.24, 2.45) is 5.92 Å². The van der Waals surface area contributed by atoms with E-state index in [0.29, 0.717) is 18.9 Å². The predicted molar refractivity (Wildman–Crippen MR) is 57.4 cm³/mol. The molecule has 1 amide bonds. The fourth-order valence-electron chi connectivity index (χ4n) is 2.31. The molecule has 1 aliphatic carbocycles. The Labute approximate surface area is 90.6 Å². The Hall–Kier alpha value is -0.610. The third-order valence-corrected chi connectivity index (χ3v) is 3.36. The smallest absolute Gasteiger partial charge is 0.221 e. The highest BCUT2D eigenvalue weighted by Crippen LogP contribution is 2.44. The van der Waals surface area contributed by atoms with E-state index in [4.69, 9.17) is 0 Å². The summed E-state index contributed by atoms with van der Waals surface area (Å²) in [4.78, 5) is 13.4. The molecule has 2 rings (SSSR count). The van der Waals surface area contributed by atoms with Crippen molar-refractivity contribution < 1.29 is 9.90 Å². The normalized spacial score (nSPS) is 24.7. The molecule has 0 spiro atoms. The summed E-state index contributed by atoms with van der Waals surface area (Å²) in [5, 5.41) is 12.8. The topological polar surface area (TPSA) is 52.6 Å². The van der Waals surface area contributed by atoms with Gasteiger partial charge in [-0.3, -0.25) is 9.69 Å². The summed E-state index contributed by atoms with van der Waals surface area (Å²) in [7, 11) is 0. The van der Waals surface area contributed by atoms with Crippen LogP contribution < -0.4 is 5.32 Å². The molecule has 1 saturated heterocycles. The fraction of sp³-hybridized carbons (Fsp3) is 0.909. The van der Waals surface area contributed by atoms with E-state index in [1.165, 1.54) is 12.8 Å². The molecule has 0 aromatic heterocycles. The molecule has 86 valence electrons. The van der Waals surface area contributed by atoms with E-state index in [-0.39, 0.29) is 5.91 Å². The minimum atomic E-state index is -0.415. The molecule has 0 aromatic carbocycles. The number of nitrogens with one attached hydrogen (secondary N) is 1. The zero-order valence-corrected chi connectivity index (χ0v) is 9.33. The lowest BCUT2D eigenvalue weighted by atomic mass is 9.88. The fourth-order valence-corrected chi connectivity index (χ4v) is 2.31. The second-order valence-electron chi connectivity index (χ2n) is 4.79. The summed E-state index contributed by atoms with van der Waals surface area (Å²) in [5.74, 6) is 0.651. The molecule has 4 nitrogen and oxygen atoms in total. The first-order valence-electron chi connectivity index (χ1n) is 5.85. The van der Waals surface area contributed by atoms with Crippen LogP contribution in [0.25, 0.3) is 0 Å². The summed E-state index contributed by atoms with van der Waals surface area (Å²) in [6.07, 6.45) is 2.91. The van der Waals surface area contributed by atoms with Gasteiger partial charge in [-0.05, 0) is 25.7 Å². The van der Waals surface area contributed by atoms with Crippen LogP contribution in [-0.2, 0) is 4.79 Å². The average molecular weight is 212 g/mol. The maximum absolute atomic E-state index is 11.2. The number of likely N-dealkylation sites (tertiary alicyclic amines) is 1. The zero-order valence-electron chi connectivity index (χ0n) is 9.33. The highest BCUT2D eigenvalue weighted by molar-refractivity contribution is 5.75. The number of nitrogens with zero attached hydrogens (tertiary/aromatic N) is 1. The van der Waals surface area contributed by atoms with Crippen LogP contribution >= 0.6 is 0 Å². The van der Waals surface area contributed by atoms with Gasteiger partial charge in [0.2, 0.25) is 5.91 Å². The van der Waals surface area contributed by atoms with Crippen molar-refractivity contribution in [1.29, 1.82) is 0 Å². The number of aliphatic hydroxyl groups is 1. The Morgan fingerprint density at radius 2 is 2.20 bits per heavy atom. The molecule has 0 bridgehead atoms. The van der Waals surface area contributed by atoms with Gasteiger partial charge in [0.1, 0.15) is 0 Å². The van der Waals surface area contributed by atoms with Crippen LogP contribution in [0.2, 0.25) is 0 Å². The number of amides is 1. The van der Waals surface area contributed by atoms with E-state index >= 15 is 0 Å². The first-order valence-corrected chi connectivity index (χ1v) is 5.85. The maximum atomic E-state index is 11.2. The molecule has 2 aliphatic rings. The van der Waals surface area contributed by atoms with Crippen molar-refractivity contribution >= 4 is 5.91 Å². The summed E-state index contributed by atoms with van der Waals surface area (Å²) in [5.41, 5.74) is -0.415. The van der Waals surface area contributed by atoms with Gasteiger partial charge in [0.15, 0.2) is 0 Å². The summed E-state index contributed by atoms with van der Waals surface area (Å²) in [6.45, 7) is 4.92. The number of hydrogen-bond donors (Lipinski definition) is 2. The van der Waals surface area contributed by atoms with Crippen molar-refractivity contribution in [3.63, 3.8) is 0 Å². The molecule has 2 N–H and O–H groups in total. The van der Waals surface area contributed by atoms with Gasteiger partial charge in [-0.1, -0.05) is 0 Å². The molecule has 0 radical (unpaired) electrons. The third-order valence-electron chi connectivity index (χ3n) is 3.36. The molecule has 1 saturated carbocycles. The van der Waals surface area contributed by atoms with Crippen LogP contribution in [0, 0.1) is 5.92 Å². The summed E-state index contributed by atoms with van der Waals surface area (Å²) >= 11 is 0. The predicted octanol–water partition coefficient (Wildman–Crippen LogP) is -0.0307. The van der Waals surface area contributed by atoms with E-state index in [1.54, 1.807) is 0 Å². The number of rotatable bonds is 5. The van der Waals surface area contributed by atoms with Crippen molar-refractivity contribution in [3.05, 3.63) is 0 Å². The van der Waals surface area contributed by atoms with Crippen LogP contribution in [0.3, 0.4) is 0 Å². The SMILES string of the molecule is CCNC(=O)CCN1CC(O)(C2CC2)C1. The quantitative estimate of drug-likeness (QED) is 0.673. The minimum absolute atomic E-state index is 0.111. The van der Waals surface area contributed by atoms with Crippen LogP contribution in [0.1, 0.15) is 26.2 Å². The largest absolute Gasteiger partial charge is 0.387 e. The van der Waals surface area contributed by atoms with Crippen LogP contribution in [0.15, 0.2) is 0 Å². The second-order valence-corrected chi connectivity index (χ2v) is 4.79. The molecule has 0 atom stereocenters.